The lowest BCUT2D eigenvalue weighted by Crippen LogP contribution is -1.77. The lowest BCUT2D eigenvalue weighted by atomic mass is 10.4. The van der Waals surface area contributed by atoms with Crippen LogP contribution in [0.1, 0.15) is 6.92 Å². The van der Waals surface area contributed by atoms with E-state index in [0.717, 1.165) is 5.71 Å². The topological polar surface area (TPSA) is 12.4 Å². The average Bonchev–Trinajstić information content (AvgIpc) is 1.94. The maximum Gasteiger partial charge on any atom is 0.0459 e. The third-order valence-corrected chi connectivity index (χ3v) is 1.46. The standard InChI is InChI=1S/C6H7NS/c1-6-4-2-3-5-8-7-6/h2-5H,1H3. The minimum absolute atomic E-state index is 1.07. The van der Waals surface area contributed by atoms with Crippen LogP contribution in [0.15, 0.2) is 28.0 Å². The molecule has 0 bridgehead atoms. The van der Waals surface area contributed by atoms with Crippen molar-refractivity contribution in [2.75, 3.05) is 0 Å². The Morgan fingerprint density at radius 2 is 2.38 bits per heavy atom. The van der Waals surface area contributed by atoms with Gasteiger partial charge in [-0.2, -0.15) is 0 Å². The molecule has 0 aromatic rings. The summed E-state index contributed by atoms with van der Waals surface area (Å²) < 4.78 is 4.08. The first-order valence-electron chi connectivity index (χ1n) is 2.43. The highest BCUT2D eigenvalue weighted by Crippen LogP contribution is 2.07. The molecular weight excluding hydrogens is 118 g/mol. The predicted octanol–water partition coefficient (Wildman–Crippen LogP) is 2.18. The Hall–Kier alpha value is -0.500. The third kappa shape index (κ3) is 1.54. The zero-order valence-corrected chi connectivity index (χ0v) is 5.48. The van der Waals surface area contributed by atoms with E-state index < -0.39 is 0 Å². The normalized spacial score (nSPS) is 17.9. The second-order valence-electron chi connectivity index (χ2n) is 1.53. The van der Waals surface area contributed by atoms with Crippen LogP contribution in [0, 0.1) is 0 Å². The molecule has 0 saturated carbocycles. The van der Waals surface area contributed by atoms with Gasteiger partial charge in [-0.1, -0.05) is 12.2 Å². The van der Waals surface area contributed by atoms with Crippen molar-refractivity contribution in [1.82, 2.24) is 0 Å². The van der Waals surface area contributed by atoms with Crippen LogP contribution in [0.4, 0.5) is 0 Å². The molecule has 1 nitrogen and oxygen atoms in total. The van der Waals surface area contributed by atoms with Crippen LogP contribution in [-0.2, 0) is 0 Å². The molecule has 2 heteroatoms. The SMILES string of the molecule is CC1=NSC=CC=C1. The zero-order chi connectivity index (χ0) is 5.82. The van der Waals surface area contributed by atoms with Gasteiger partial charge in [-0.25, -0.2) is 4.40 Å². The van der Waals surface area contributed by atoms with Crippen molar-refractivity contribution in [2.45, 2.75) is 6.92 Å². The van der Waals surface area contributed by atoms with Crippen molar-refractivity contribution in [3.05, 3.63) is 23.6 Å². The van der Waals surface area contributed by atoms with Gasteiger partial charge in [0, 0.05) is 17.7 Å². The van der Waals surface area contributed by atoms with Crippen LogP contribution in [0.3, 0.4) is 0 Å². The zero-order valence-electron chi connectivity index (χ0n) is 4.66. The van der Waals surface area contributed by atoms with Gasteiger partial charge < -0.3 is 0 Å². The smallest absolute Gasteiger partial charge is 0.0459 e. The van der Waals surface area contributed by atoms with Gasteiger partial charge in [0.2, 0.25) is 0 Å². The van der Waals surface area contributed by atoms with Gasteiger partial charge in [0.25, 0.3) is 0 Å². The third-order valence-electron chi connectivity index (χ3n) is 0.785. The quantitative estimate of drug-likeness (QED) is 0.452. The molecule has 0 N–H and O–H groups in total. The first kappa shape index (κ1) is 5.63. The molecule has 0 unspecified atom stereocenters. The van der Waals surface area contributed by atoms with E-state index in [1.807, 2.05) is 30.6 Å². The minimum atomic E-state index is 1.07. The average molecular weight is 125 g/mol. The number of rotatable bonds is 0. The van der Waals surface area contributed by atoms with Crippen LogP contribution in [0.2, 0.25) is 0 Å². The maximum absolute atomic E-state index is 4.08. The van der Waals surface area contributed by atoms with Gasteiger partial charge in [-0.3, -0.25) is 0 Å². The summed E-state index contributed by atoms with van der Waals surface area (Å²) in [5.41, 5.74) is 1.07. The first-order chi connectivity index (χ1) is 3.89. The minimum Gasteiger partial charge on any atom is -0.217 e. The maximum atomic E-state index is 4.08. The summed E-state index contributed by atoms with van der Waals surface area (Å²) in [6.45, 7) is 1.98. The first-order valence-corrected chi connectivity index (χ1v) is 3.27. The number of allylic oxidation sites excluding steroid dienone is 3. The molecule has 0 atom stereocenters. The number of hydrogen-bond donors (Lipinski definition) is 0. The van der Waals surface area contributed by atoms with Crippen molar-refractivity contribution in [1.29, 1.82) is 0 Å². The summed E-state index contributed by atoms with van der Waals surface area (Å²) in [7, 11) is 0. The lowest BCUT2D eigenvalue weighted by Gasteiger charge is -1.81. The van der Waals surface area contributed by atoms with Gasteiger partial charge >= 0.3 is 0 Å². The Labute approximate surface area is 53.3 Å². The molecule has 1 aliphatic rings. The van der Waals surface area contributed by atoms with Crippen molar-refractivity contribution < 1.29 is 0 Å². The molecule has 1 aliphatic heterocycles. The summed E-state index contributed by atoms with van der Waals surface area (Å²) in [5.74, 6) is 0. The summed E-state index contributed by atoms with van der Waals surface area (Å²) in [5, 5.41) is 1.95. The van der Waals surface area contributed by atoms with Crippen molar-refractivity contribution >= 4 is 17.7 Å². The van der Waals surface area contributed by atoms with E-state index in [2.05, 4.69) is 4.40 Å². The molecule has 0 aromatic heterocycles. The Balaban J connectivity index is 2.69. The van der Waals surface area contributed by atoms with E-state index in [-0.39, 0.29) is 0 Å². The summed E-state index contributed by atoms with van der Waals surface area (Å²) >= 11 is 1.47. The molecule has 8 heavy (non-hydrogen) atoms. The van der Waals surface area contributed by atoms with Gasteiger partial charge in [-0.05, 0) is 18.4 Å². The summed E-state index contributed by atoms with van der Waals surface area (Å²) in [6.07, 6.45) is 5.94. The Morgan fingerprint density at radius 3 is 3.25 bits per heavy atom. The van der Waals surface area contributed by atoms with Crippen LogP contribution >= 0.6 is 11.9 Å². The molecule has 0 saturated heterocycles. The van der Waals surface area contributed by atoms with E-state index >= 15 is 0 Å². The highest BCUT2D eigenvalue weighted by molar-refractivity contribution is 8.01. The number of nitrogens with zero attached hydrogens (tertiary/aromatic N) is 1. The van der Waals surface area contributed by atoms with Gasteiger partial charge in [0.1, 0.15) is 0 Å². The van der Waals surface area contributed by atoms with Crippen molar-refractivity contribution in [3.8, 4) is 0 Å². The Bertz CT molecular complexity index is 153. The van der Waals surface area contributed by atoms with Gasteiger partial charge in [0.05, 0.1) is 0 Å². The Morgan fingerprint density at radius 1 is 1.50 bits per heavy atom. The monoisotopic (exact) mass is 125 g/mol. The van der Waals surface area contributed by atoms with Crippen LogP contribution < -0.4 is 0 Å². The van der Waals surface area contributed by atoms with Gasteiger partial charge in [-0.15, -0.1) is 0 Å². The fourth-order valence-corrected chi connectivity index (χ4v) is 0.868. The van der Waals surface area contributed by atoms with Crippen LogP contribution in [0.5, 0.6) is 0 Å². The van der Waals surface area contributed by atoms with Crippen LogP contribution in [-0.4, -0.2) is 5.71 Å². The van der Waals surface area contributed by atoms with Crippen LogP contribution in [0.25, 0.3) is 0 Å². The molecule has 42 valence electrons. The summed E-state index contributed by atoms with van der Waals surface area (Å²) in [6, 6.07) is 0. The molecule has 1 rings (SSSR count). The molecule has 0 radical (unpaired) electrons. The largest absolute Gasteiger partial charge is 0.217 e. The fourth-order valence-electron chi connectivity index (χ4n) is 0.419. The molecule has 0 spiro atoms. The summed E-state index contributed by atoms with van der Waals surface area (Å²) in [4.78, 5) is 0. The molecule has 0 amide bonds. The number of hydrogen-bond acceptors (Lipinski definition) is 2. The second kappa shape index (κ2) is 2.72. The molecule has 0 aromatic carbocycles. The molecule has 1 heterocycles. The second-order valence-corrected chi connectivity index (χ2v) is 2.19. The van der Waals surface area contributed by atoms with E-state index in [0.29, 0.717) is 0 Å². The van der Waals surface area contributed by atoms with Crippen molar-refractivity contribution in [3.63, 3.8) is 0 Å². The Kier molecular flexibility index (Phi) is 1.92. The fraction of sp³-hybridized carbons (Fsp3) is 0.167. The van der Waals surface area contributed by atoms with E-state index in [1.165, 1.54) is 11.9 Å². The highest BCUT2D eigenvalue weighted by atomic mass is 32.2. The predicted molar refractivity (Wildman–Crippen MR) is 39.0 cm³/mol. The highest BCUT2D eigenvalue weighted by Gasteiger charge is 1.83. The van der Waals surface area contributed by atoms with Crippen molar-refractivity contribution in [2.24, 2.45) is 4.40 Å². The van der Waals surface area contributed by atoms with E-state index in [1.54, 1.807) is 0 Å². The van der Waals surface area contributed by atoms with Gasteiger partial charge in [0.15, 0.2) is 0 Å². The molecular formula is C6H7NS. The molecule has 0 fully saturated rings. The van der Waals surface area contributed by atoms with E-state index in [9.17, 15) is 0 Å². The van der Waals surface area contributed by atoms with E-state index in [4.69, 9.17) is 0 Å². The lowest BCUT2D eigenvalue weighted by molar-refractivity contribution is 1.78. The molecule has 0 aliphatic carbocycles.